The normalized spacial score (nSPS) is 16.9. The maximum atomic E-state index is 13.9. The SMILES string of the molecule is CCc1ncnc(N(C)CC(O)C2CC2)c1F. The van der Waals surface area contributed by atoms with Crippen LogP contribution in [-0.4, -0.2) is 34.8 Å². The van der Waals surface area contributed by atoms with E-state index in [-0.39, 0.29) is 17.7 Å². The molecule has 0 bridgehead atoms. The lowest BCUT2D eigenvalue weighted by atomic mass is 10.2. The summed E-state index contributed by atoms with van der Waals surface area (Å²) in [6, 6.07) is 0. The van der Waals surface area contributed by atoms with Crippen molar-refractivity contribution in [3.63, 3.8) is 0 Å². The minimum absolute atomic E-state index is 0.275. The van der Waals surface area contributed by atoms with E-state index in [1.807, 2.05) is 6.92 Å². The number of aliphatic hydroxyl groups excluding tert-OH is 1. The van der Waals surface area contributed by atoms with Crippen LogP contribution in [0.2, 0.25) is 0 Å². The highest BCUT2D eigenvalue weighted by molar-refractivity contribution is 5.40. The summed E-state index contributed by atoms with van der Waals surface area (Å²) >= 11 is 0. The van der Waals surface area contributed by atoms with Gasteiger partial charge in [-0.2, -0.15) is 0 Å². The zero-order valence-electron chi connectivity index (χ0n) is 10.2. The van der Waals surface area contributed by atoms with Crippen LogP contribution in [0.5, 0.6) is 0 Å². The molecule has 0 radical (unpaired) electrons. The maximum absolute atomic E-state index is 13.9. The summed E-state index contributed by atoms with van der Waals surface area (Å²) in [6.45, 7) is 2.27. The third-order valence-corrected chi connectivity index (χ3v) is 3.17. The zero-order chi connectivity index (χ0) is 12.4. The third kappa shape index (κ3) is 2.72. The smallest absolute Gasteiger partial charge is 0.187 e. The summed E-state index contributed by atoms with van der Waals surface area (Å²) in [4.78, 5) is 9.51. The highest BCUT2D eigenvalue weighted by Crippen LogP contribution is 2.33. The standard InChI is InChI=1S/C12H18FN3O/c1-3-9-11(13)12(15-7-14-9)16(2)6-10(17)8-4-5-8/h7-8,10,17H,3-6H2,1-2H3. The van der Waals surface area contributed by atoms with E-state index in [0.717, 1.165) is 12.8 Å². The van der Waals surface area contributed by atoms with Gasteiger partial charge in [0.25, 0.3) is 0 Å². The Bertz CT molecular complexity index is 395. The molecule has 2 rings (SSSR count). The fourth-order valence-corrected chi connectivity index (χ4v) is 1.91. The second-order valence-corrected chi connectivity index (χ2v) is 4.60. The van der Waals surface area contributed by atoms with Gasteiger partial charge in [0.15, 0.2) is 11.6 Å². The van der Waals surface area contributed by atoms with Crippen LogP contribution in [-0.2, 0) is 6.42 Å². The Morgan fingerprint density at radius 3 is 2.82 bits per heavy atom. The Balaban J connectivity index is 2.09. The molecule has 1 N–H and O–H groups in total. The fourth-order valence-electron chi connectivity index (χ4n) is 1.91. The molecular weight excluding hydrogens is 221 g/mol. The molecule has 1 heterocycles. The Kier molecular flexibility index (Phi) is 3.57. The Morgan fingerprint density at radius 1 is 1.53 bits per heavy atom. The lowest BCUT2D eigenvalue weighted by molar-refractivity contribution is 0.158. The second kappa shape index (κ2) is 4.96. The first-order valence-corrected chi connectivity index (χ1v) is 6.02. The average molecular weight is 239 g/mol. The molecule has 1 atom stereocenters. The fraction of sp³-hybridized carbons (Fsp3) is 0.667. The zero-order valence-corrected chi connectivity index (χ0v) is 10.2. The number of likely N-dealkylation sites (N-methyl/N-ethyl adjacent to an activating group) is 1. The number of hydrogen-bond acceptors (Lipinski definition) is 4. The first-order chi connectivity index (χ1) is 8.13. The summed E-state index contributed by atoms with van der Waals surface area (Å²) in [5.41, 5.74) is 0.419. The summed E-state index contributed by atoms with van der Waals surface area (Å²) in [5.74, 6) is 0.282. The largest absolute Gasteiger partial charge is 0.391 e. The van der Waals surface area contributed by atoms with Gasteiger partial charge in [0.2, 0.25) is 0 Å². The van der Waals surface area contributed by atoms with Gasteiger partial charge in [0, 0.05) is 13.6 Å². The Morgan fingerprint density at radius 2 is 2.24 bits per heavy atom. The maximum Gasteiger partial charge on any atom is 0.187 e. The van der Waals surface area contributed by atoms with Gasteiger partial charge in [-0.05, 0) is 25.2 Å². The quantitative estimate of drug-likeness (QED) is 0.843. The van der Waals surface area contributed by atoms with Crippen molar-refractivity contribution in [2.45, 2.75) is 32.3 Å². The van der Waals surface area contributed by atoms with Crippen LogP contribution in [0, 0.1) is 11.7 Å². The molecule has 1 aliphatic rings. The van der Waals surface area contributed by atoms with Crippen molar-refractivity contribution in [2.24, 2.45) is 5.92 Å². The Hall–Kier alpha value is -1.23. The number of hydrogen-bond donors (Lipinski definition) is 1. The van der Waals surface area contributed by atoms with Crippen molar-refractivity contribution in [3.8, 4) is 0 Å². The van der Waals surface area contributed by atoms with E-state index in [1.165, 1.54) is 6.33 Å². The van der Waals surface area contributed by atoms with Crippen LogP contribution in [0.3, 0.4) is 0 Å². The van der Waals surface area contributed by atoms with Gasteiger partial charge in [-0.25, -0.2) is 14.4 Å². The van der Waals surface area contributed by atoms with Gasteiger partial charge in [0.1, 0.15) is 6.33 Å². The van der Waals surface area contributed by atoms with Gasteiger partial charge < -0.3 is 10.0 Å². The molecule has 94 valence electrons. The highest BCUT2D eigenvalue weighted by Gasteiger charge is 2.31. The van der Waals surface area contributed by atoms with Gasteiger partial charge in [-0.15, -0.1) is 0 Å². The number of aliphatic hydroxyl groups is 1. The van der Waals surface area contributed by atoms with Crippen LogP contribution in [0.1, 0.15) is 25.5 Å². The molecule has 17 heavy (non-hydrogen) atoms. The van der Waals surface area contributed by atoms with E-state index in [2.05, 4.69) is 9.97 Å². The lowest BCUT2D eigenvalue weighted by Gasteiger charge is -2.22. The van der Waals surface area contributed by atoms with E-state index in [1.54, 1.807) is 11.9 Å². The molecular formula is C12H18FN3O. The Labute approximate surface area is 101 Å². The van der Waals surface area contributed by atoms with Crippen LogP contribution in [0.4, 0.5) is 10.2 Å². The monoisotopic (exact) mass is 239 g/mol. The lowest BCUT2D eigenvalue weighted by Crippen LogP contribution is -2.31. The van der Waals surface area contributed by atoms with Gasteiger partial charge >= 0.3 is 0 Å². The highest BCUT2D eigenvalue weighted by atomic mass is 19.1. The molecule has 1 unspecified atom stereocenters. The number of aromatic nitrogens is 2. The van der Waals surface area contributed by atoms with Crippen LogP contribution < -0.4 is 4.90 Å². The first kappa shape index (κ1) is 12.2. The van der Waals surface area contributed by atoms with Gasteiger partial charge in [-0.3, -0.25) is 0 Å². The molecule has 1 aromatic heterocycles. The molecule has 0 aliphatic heterocycles. The molecule has 1 fully saturated rings. The molecule has 5 heteroatoms. The van der Waals surface area contributed by atoms with E-state index < -0.39 is 0 Å². The minimum atomic E-state index is -0.389. The third-order valence-electron chi connectivity index (χ3n) is 3.17. The molecule has 0 amide bonds. The van der Waals surface area contributed by atoms with Crippen molar-refractivity contribution in [2.75, 3.05) is 18.5 Å². The van der Waals surface area contributed by atoms with E-state index >= 15 is 0 Å². The van der Waals surface area contributed by atoms with Crippen molar-refractivity contribution in [1.29, 1.82) is 0 Å². The molecule has 1 aromatic rings. The molecule has 0 aromatic carbocycles. The number of anilines is 1. The van der Waals surface area contributed by atoms with Crippen molar-refractivity contribution >= 4 is 5.82 Å². The van der Waals surface area contributed by atoms with Crippen LogP contribution in [0.25, 0.3) is 0 Å². The average Bonchev–Trinajstić information content (AvgIpc) is 3.12. The number of aryl methyl sites for hydroxylation is 1. The predicted octanol–water partition coefficient (Wildman–Crippen LogP) is 1.39. The molecule has 0 spiro atoms. The van der Waals surface area contributed by atoms with Crippen LogP contribution >= 0.6 is 0 Å². The van der Waals surface area contributed by atoms with Crippen molar-refractivity contribution < 1.29 is 9.50 Å². The summed E-state index contributed by atoms with van der Waals surface area (Å²) < 4.78 is 13.9. The molecule has 0 saturated heterocycles. The summed E-state index contributed by atoms with van der Waals surface area (Å²) in [5, 5.41) is 9.83. The van der Waals surface area contributed by atoms with Crippen molar-refractivity contribution in [1.82, 2.24) is 9.97 Å². The van der Waals surface area contributed by atoms with Crippen molar-refractivity contribution in [3.05, 3.63) is 17.8 Å². The van der Waals surface area contributed by atoms with E-state index in [9.17, 15) is 9.50 Å². The van der Waals surface area contributed by atoms with E-state index in [4.69, 9.17) is 0 Å². The first-order valence-electron chi connectivity index (χ1n) is 6.02. The number of halogens is 1. The summed E-state index contributed by atoms with van der Waals surface area (Å²) in [7, 11) is 1.75. The number of rotatable bonds is 5. The molecule has 1 saturated carbocycles. The number of nitrogens with zero attached hydrogens (tertiary/aromatic N) is 3. The topological polar surface area (TPSA) is 49.2 Å². The van der Waals surface area contributed by atoms with E-state index in [0.29, 0.717) is 24.6 Å². The van der Waals surface area contributed by atoms with Crippen LogP contribution in [0.15, 0.2) is 6.33 Å². The minimum Gasteiger partial charge on any atom is -0.391 e. The summed E-state index contributed by atoms with van der Waals surface area (Å²) in [6.07, 6.45) is 3.67. The van der Waals surface area contributed by atoms with Gasteiger partial charge in [0.05, 0.1) is 11.8 Å². The predicted molar refractivity (Wildman–Crippen MR) is 63.4 cm³/mol. The second-order valence-electron chi connectivity index (χ2n) is 4.60. The molecule has 1 aliphatic carbocycles. The molecule has 4 nitrogen and oxygen atoms in total. The van der Waals surface area contributed by atoms with Gasteiger partial charge in [-0.1, -0.05) is 6.92 Å².